The smallest absolute Gasteiger partial charge is 0.422 e. The standard InChI is InChI=1S/C12H13BrF3NO/c13-9-4-3-5-10(18-8-12(14,15)16)11(9)17-6-1-2-7-17/h3-5H,1-2,6-8H2. The lowest BCUT2D eigenvalue weighted by molar-refractivity contribution is -0.153. The molecule has 0 N–H and O–H groups in total. The Bertz CT molecular complexity index is 416. The molecule has 1 aromatic carbocycles. The van der Waals surface area contributed by atoms with Crippen LogP contribution in [0.4, 0.5) is 18.9 Å². The van der Waals surface area contributed by atoms with Crippen LogP contribution in [-0.2, 0) is 0 Å². The maximum atomic E-state index is 12.2. The Morgan fingerprint density at radius 1 is 1.22 bits per heavy atom. The second-order valence-electron chi connectivity index (χ2n) is 4.18. The maximum Gasteiger partial charge on any atom is 0.422 e. The number of ether oxygens (including phenoxy) is 1. The summed E-state index contributed by atoms with van der Waals surface area (Å²) in [5.41, 5.74) is 0.722. The van der Waals surface area contributed by atoms with Crippen LogP contribution in [0.2, 0.25) is 0 Å². The fraction of sp³-hybridized carbons (Fsp3) is 0.500. The molecular formula is C12H13BrF3NO. The maximum absolute atomic E-state index is 12.2. The molecule has 18 heavy (non-hydrogen) atoms. The number of anilines is 1. The zero-order valence-corrected chi connectivity index (χ0v) is 11.2. The molecule has 1 heterocycles. The van der Waals surface area contributed by atoms with E-state index in [0.717, 1.165) is 36.1 Å². The van der Waals surface area contributed by atoms with Crippen molar-refractivity contribution in [3.8, 4) is 5.75 Å². The molecule has 1 aliphatic heterocycles. The molecule has 0 aromatic heterocycles. The third kappa shape index (κ3) is 3.31. The largest absolute Gasteiger partial charge is 0.482 e. The Kier molecular flexibility index (Phi) is 4.04. The van der Waals surface area contributed by atoms with Crippen LogP contribution in [-0.4, -0.2) is 25.9 Å². The summed E-state index contributed by atoms with van der Waals surface area (Å²) in [4.78, 5) is 2.05. The van der Waals surface area contributed by atoms with Crippen LogP contribution in [0.25, 0.3) is 0 Å². The minimum atomic E-state index is -4.31. The molecule has 1 aliphatic rings. The highest BCUT2D eigenvalue weighted by atomic mass is 79.9. The Morgan fingerprint density at radius 2 is 1.89 bits per heavy atom. The molecule has 0 spiro atoms. The van der Waals surface area contributed by atoms with E-state index >= 15 is 0 Å². The van der Waals surface area contributed by atoms with E-state index < -0.39 is 12.8 Å². The van der Waals surface area contributed by atoms with Crippen molar-refractivity contribution in [3.05, 3.63) is 22.7 Å². The summed E-state index contributed by atoms with van der Waals surface area (Å²) < 4.78 is 42.3. The Labute approximate surface area is 112 Å². The Hall–Kier alpha value is -0.910. The molecule has 1 fully saturated rings. The van der Waals surface area contributed by atoms with Gasteiger partial charge in [-0.05, 0) is 40.9 Å². The van der Waals surface area contributed by atoms with Gasteiger partial charge in [0, 0.05) is 17.6 Å². The highest BCUT2D eigenvalue weighted by Crippen LogP contribution is 2.38. The second-order valence-corrected chi connectivity index (χ2v) is 5.04. The van der Waals surface area contributed by atoms with Gasteiger partial charge in [0.1, 0.15) is 5.75 Å². The van der Waals surface area contributed by atoms with Gasteiger partial charge >= 0.3 is 6.18 Å². The summed E-state index contributed by atoms with van der Waals surface area (Å²) in [6.45, 7) is 0.445. The van der Waals surface area contributed by atoms with E-state index in [1.807, 2.05) is 6.07 Å². The van der Waals surface area contributed by atoms with Crippen molar-refractivity contribution in [1.29, 1.82) is 0 Å². The van der Waals surface area contributed by atoms with Crippen LogP contribution in [0.5, 0.6) is 5.75 Å². The summed E-state index contributed by atoms with van der Waals surface area (Å²) in [5, 5.41) is 0. The predicted molar refractivity (Wildman–Crippen MR) is 67.1 cm³/mol. The van der Waals surface area contributed by atoms with Crippen LogP contribution in [0.3, 0.4) is 0 Å². The van der Waals surface area contributed by atoms with Crippen LogP contribution in [0.1, 0.15) is 12.8 Å². The first-order chi connectivity index (χ1) is 8.47. The fourth-order valence-electron chi connectivity index (χ4n) is 2.02. The van der Waals surface area contributed by atoms with Gasteiger partial charge in [-0.15, -0.1) is 0 Å². The lowest BCUT2D eigenvalue weighted by Crippen LogP contribution is -2.22. The normalized spacial score (nSPS) is 16.1. The summed E-state index contributed by atoms with van der Waals surface area (Å²) >= 11 is 3.37. The first kappa shape index (κ1) is 13.5. The van der Waals surface area contributed by atoms with Gasteiger partial charge in [-0.2, -0.15) is 13.2 Å². The molecule has 100 valence electrons. The topological polar surface area (TPSA) is 12.5 Å². The molecular weight excluding hydrogens is 311 g/mol. The quantitative estimate of drug-likeness (QED) is 0.834. The van der Waals surface area contributed by atoms with E-state index in [1.54, 1.807) is 12.1 Å². The summed E-state index contributed by atoms with van der Waals surface area (Å²) in [6, 6.07) is 5.06. The number of rotatable bonds is 3. The van der Waals surface area contributed by atoms with E-state index in [9.17, 15) is 13.2 Å². The molecule has 2 rings (SSSR count). The molecule has 2 nitrogen and oxygen atoms in total. The summed E-state index contributed by atoms with van der Waals surface area (Å²) in [7, 11) is 0. The van der Waals surface area contributed by atoms with Crippen molar-refractivity contribution in [2.75, 3.05) is 24.6 Å². The van der Waals surface area contributed by atoms with Crippen molar-refractivity contribution >= 4 is 21.6 Å². The first-order valence-electron chi connectivity index (χ1n) is 5.70. The number of hydrogen-bond donors (Lipinski definition) is 0. The molecule has 0 atom stereocenters. The van der Waals surface area contributed by atoms with Crippen molar-refractivity contribution in [2.45, 2.75) is 19.0 Å². The Morgan fingerprint density at radius 3 is 2.50 bits per heavy atom. The van der Waals surface area contributed by atoms with E-state index in [-0.39, 0.29) is 5.75 Å². The van der Waals surface area contributed by atoms with Crippen LogP contribution in [0, 0.1) is 0 Å². The van der Waals surface area contributed by atoms with Crippen molar-refractivity contribution in [3.63, 3.8) is 0 Å². The molecule has 0 saturated carbocycles. The molecule has 0 bridgehead atoms. The van der Waals surface area contributed by atoms with Gasteiger partial charge in [0.15, 0.2) is 6.61 Å². The zero-order chi connectivity index (χ0) is 13.2. The van der Waals surface area contributed by atoms with E-state index in [1.165, 1.54) is 0 Å². The predicted octanol–water partition coefficient (Wildman–Crippen LogP) is 3.99. The molecule has 0 unspecified atom stereocenters. The highest BCUT2D eigenvalue weighted by Gasteiger charge is 2.29. The third-order valence-corrected chi connectivity index (χ3v) is 3.40. The average Bonchev–Trinajstić information content (AvgIpc) is 2.78. The van der Waals surface area contributed by atoms with Crippen molar-refractivity contribution in [1.82, 2.24) is 0 Å². The minimum absolute atomic E-state index is 0.281. The van der Waals surface area contributed by atoms with Gasteiger partial charge in [-0.3, -0.25) is 0 Å². The fourth-order valence-corrected chi connectivity index (χ4v) is 2.62. The summed E-state index contributed by atoms with van der Waals surface area (Å²) in [5.74, 6) is 0.281. The number of para-hydroxylation sites is 1. The van der Waals surface area contributed by atoms with Crippen molar-refractivity contribution < 1.29 is 17.9 Å². The number of benzene rings is 1. The molecule has 1 aromatic rings. The number of alkyl halides is 3. The molecule has 0 amide bonds. The van der Waals surface area contributed by atoms with Crippen LogP contribution in [0.15, 0.2) is 22.7 Å². The van der Waals surface area contributed by atoms with Gasteiger partial charge in [-0.25, -0.2) is 0 Å². The molecule has 0 aliphatic carbocycles. The van der Waals surface area contributed by atoms with E-state index in [2.05, 4.69) is 20.8 Å². The monoisotopic (exact) mass is 323 g/mol. The van der Waals surface area contributed by atoms with E-state index in [4.69, 9.17) is 4.74 Å². The molecule has 0 radical (unpaired) electrons. The SMILES string of the molecule is FC(F)(F)COc1cccc(Br)c1N1CCCC1. The zero-order valence-electron chi connectivity index (χ0n) is 9.63. The highest BCUT2D eigenvalue weighted by molar-refractivity contribution is 9.10. The minimum Gasteiger partial charge on any atom is -0.482 e. The van der Waals surface area contributed by atoms with Gasteiger partial charge in [0.25, 0.3) is 0 Å². The third-order valence-electron chi connectivity index (χ3n) is 2.76. The van der Waals surface area contributed by atoms with Crippen LogP contribution < -0.4 is 9.64 Å². The molecule has 6 heteroatoms. The lowest BCUT2D eigenvalue weighted by Gasteiger charge is -2.23. The number of hydrogen-bond acceptors (Lipinski definition) is 2. The second kappa shape index (κ2) is 5.38. The van der Waals surface area contributed by atoms with Gasteiger partial charge in [-0.1, -0.05) is 6.07 Å². The number of nitrogens with zero attached hydrogens (tertiary/aromatic N) is 1. The van der Waals surface area contributed by atoms with Gasteiger partial charge < -0.3 is 9.64 Å². The number of halogens is 4. The average molecular weight is 324 g/mol. The molecule has 1 saturated heterocycles. The lowest BCUT2D eigenvalue weighted by atomic mass is 10.2. The van der Waals surface area contributed by atoms with Gasteiger partial charge in [0.05, 0.1) is 5.69 Å². The van der Waals surface area contributed by atoms with Crippen LogP contribution >= 0.6 is 15.9 Å². The Balaban J connectivity index is 2.20. The van der Waals surface area contributed by atoms with E-state index in [0.29, 0.717) is 0 Å². The summed E-state index contributed by atoms with van der Waals surface area (Å²) in [6.07, 6.45) is -2.20. The van der Waals surface area contributed by atoms with Crippen molar-refractivity contribution in [2.24, 2.45) is 0 Å². The first-order valence-corrected chi connectivity index (χ1v) is 6.50. The van der Waals surface area contributed by atoms with Gasteiger partial charge in [0.2, 0.25) is 0 Å².